The number of H-pyrrole nitrogens is 1. The molecule has 1 atom stereocenters. The smallest absolute Gasteiger partial charge is 0.272 e. The third-order valence-corrected chi connectivity index (χ3v) is 4.04. The molecule has 124 valence electrons. The Hall–Kier alpha value is -2.21. The summed E-state index contributed by atoms with van der Waals surface area (Å²) in [4.78, 5) is 26.1. The van der Waals surface area contributed by atoms with Crippen molar-refractivity contribution in [1.29, 1.82) is 0 Å². The van der Waals surface area contributed by atoms with E-state index in [1.54, 1.807) is 12.1 Å². The lowest BCUT2D eigenvalue weighted by Gasteiger charge is -2.28. The highest BCUT2D eigenvalue weighted by Crippen LogP contribution is 2.13. The molecule has 2 rings (SSSR count). The van der Waals surface area contributed by atoms with Crippen molar-refractivity contribution in [2.45, 2.75) is 26.3 Å². The first kappa shape index (κ1) is 17.1. The molecule has 0 saturated heterocycles. The minimum Gasteiger partial charge on any atom is -0.354 e. The zero-order valence-corrected chi connectivity index (χ0v) is 14.1. The van der Waals surface area contributed by atoms with E-state index in [1.807, 2.05) is 26.2 Å². The van der Waals surface area contributed by atoms with Crippen molar-refractivity contribution in [1.82, 2.24) is 20.4 Å². The Kier molecular flexibility index (Phi) is 5.50. The average Bonchev–Trinajstić information content (AvgIpc) is 2.50. The van der Waals surface area contributed by atoms with E-state index >= 15 is 0 Å². The lowest BCUT2D eigenvalue weighted by molar-refractivity contribution is -0.120. The van der Waals surface area contributed by atoms with Gasteiger partial charge in [0.2, 0.25) is 5.91 Å². The molecule has 1 amide bonds. The number of carbonyl (C=O) groups excluding carboxylic acids is 1. The van der Waals surface area contributed by atoms with Gasteiger partial charge in [-0.25, -0.2) is 5.10 Å². The van der Waals surface area contributed by atoms with Crippen molar-refractivity contribution < 1.29 is 4.79 Å². The van der Waals surface area contributed by atoms with Crippen LogP contribution < -0.4 is 10.9 Å². The minimum absolute atomic E-state index is 0.0952. The number of nitrogens with one attached hydrogen (secondary N) is 2. The van der Waals surface area contributed by atoms with Crippen LogP contribution in [-0.2, 0) is 11.2 Å². The van der Waals surface area contributed by atoms with Gasteiger partial charge in [0.15, 0.2) is 0 Å². The Bertz CT molecular complexity index is 729. The van der Waals surface area contributed by atoms with Gasteiger partial charge in [0.05, 0.1) is 17.5 Å². The largest absolute Gasteiger partial charge is 0.354 e. The van der Waals surface area contributed by atoms with E-state index in [2.05, 4.69) is 34.3 Å². The quantitative estimate of drug-likeness (QED) is 0.838. The molecule has 1 heterocycles. The van der Waals surface area contributed by atoms with Crippen molar-refractivity contribution in [3.8, 4) is 0 Å². The van der Waals surface area contributed by atoms with Crippen LogP contribution in [0.4, 0.5) is 0 Å². The maximum atomic E-state index is 12.2. The highest BCUT2D eigenvalue weighted by molar-refractivity contribution is 5.88. The standard InChI is InChI=1S/C17H24N4O2/c1-11(2)15(21(3)4)10-18-16(22)9-14-12-7-5-6-8-13(12)17(23)20-19-14/h5-8,11,15H,9-10H2,1-4H3,(H,18,22)(H,20,23)/t15-/m0/s1. The van der Waals surface area contributed by atoms with Crippen LogP contribution in [0.15, 0.2) is 29.1 Å². The first-order valence-electron chi connectivity index (χ1n) is 7.79. The molecule has 1 aromatic carbocycles. The molecule has 23 heavy (non-hydrogen) atoms. The van der Waals surface area contributed by atoms with E-state index < -0.39 is 0 Å². The number of carbonyl (C=O) groups is 1. The molecule has 0 spiro atoms. The summed E-state index contributed by atoms with van der Waals surface area (Å²) in [5, 5.41) is 10.7. The Morgan fingerprint density at radius 3 is 2.52 bits per heavy atom. The van der Waals surface area contributed by atoms with Crippen LogP contribution in [0, 0.1) is 5.92 Å². The number of benzene rings is 1. The van der Waals surface area contributed by atoms with Gasteiger partial charge >= 0.3 is 0 Å². The summed E-state index contributed by atoms with van der Waals surface area (Å²) in [6.07, 6.45) is 0.148. The number of fused-ring (bicyclic) bond motifs is 1. The van der Waals surface area contributed by atoms with E-state index in [0.29, 0.717) is 23.5 Å². The van der Waals surface area contributed by atoms with E-state index in [-0.39, 0.29) is 23.9 Å². The summed E-state index contributed by atoms with van der Waals surface area (Å²) in [7, 11) is 4.02. The first-order valence-corrected chi connectivity index (χ1v) is 7.79. The SMILES string of the molecule is CC(C)[C@H](CNC(=O)Cc1n[nH]c(=O)c2ccccc12)N(C)C. The van der Waals surface area contributed by atoms with Crippen molar-refractivity contribution in [2.24, 2.45) is 5.92 Å². The molecule has 0 bridgehead atoms. The minimum atomic E-state index is -0.239. The van der Waals surface area contributed by atoms with E-state index in [9.17, 15) is 9.59 Å². The fourth-order valence-electron chi connectivity index (χ4n) is 2.75. The average molecular weight is 316 g/mol. The third-order valence-electron chi connectivity index (χ3n) is 4.04. The van der Waals surface area contributed by atoms with Crippen LogP contribution in [0.2, 0.25) is 0 Å². The summed E-state index contributed by atoms with van der Waals surface area (Å²) in [6, 6.07) is 7.46. The molecular weight excluding hydrogens is 292 g/mol. The van der Waals surface area contributed by atoms with Gasteiger partial charge in [-0.1, -0.05) is 32.0 Å². The normalized spacial score (nSPS) is 12.8. The Balaban J connectivity index is 2.09. The van der Waals surface area contributed by atoms with Gasteiger partial charge in [0, 0.05) is 18.0 Å². The second kappa shape index (κ2) is 7.37. The maximum absolute atomic E-state index is 12.2. The molecule has 1 aromatic heterocycles. The van der Waals surface area contributed by atoms with E-state index in [0.717, 1.165) is 5.39 Å². The summed E-state index contributed by atoms with van der Waals surface area (Å²) in [6.45, 7) is 4.85. The topological polar surface area (TPSA) is 78.1 Å². The lowest BCUT2D eigenvalue weighted by Crippen LogP contribution is -2.43. The Morgan fingerprint density at radius 2 is 1.91 bits per heavy atom. The second-order valence-corrected chi connectivity index (χ2v) is 6.30. The van der Waals surface area contributed by atoms with Crippen LogP contribution in [0.3, 0.4) is 0 Å². The maximum Gasteiger partial charge on any atom is 0.272 e. The zero-order valence-electron chi connectivity index (χ0n) is 14.1. The molecular formula is C17H24N4O2. The van der Waals surface area contributed by atoms with E-state index in [4.69, 9.17) is 0 Å². The molecule has 0 aliphatic carbocycles. The molecule has 6 heteroatoms. The molecule has 0 unspecified atom stereocenters. The molecule has 2 N–H and O–H groups in total. The molecule has 0 fully saturated rings. The predicted molar refractivity (Wildman–Crippen MR) is 91.4 cm³/mol. The number of aromatic nitrogens is 2. The highest BCUT2D eigenvalue weighted by Gasteiger charge is 2.17. The van der Waals surface area contributed by atoms with Crippen LogP contribution >= 0.6 is 0 Å². The van der Waals surface area contributed by atoms with Gasteiger partial charge in [-0.15, -0.1) is 0 Å². The van der Waals surface area contributed by atoms with Gasteiger partial charge < -0.3 is 10.2 Å². The summed E-state index contributed by atoms with van der Waals surface area (Å²) in [5.41, 5.74) is 0.348. The number of likely N-dealkylation sites (N-methyl/N-ethyl adjacent to an activating group) is 1. The number of aromatic amines is 1. The number of hydrogen-bond acceptors (Lipinski definition) is 4. The van der Waals surface area contributed by atoms with Gasteiger partial charge in [0.25, 0.3) is 5.56 Å². The Labute approximate surface area is 135 Å². The molecule has 0 saturated carbocycles. The highest BCUT2D eigenvalue weighted by atomic mass is 16.1. The van der Waals surface area contributed by atoms with Crippen molar-refractivity contribution in [3.05, 3.63) is 40.3 Å². The summed E-state index contributed by atoms with van der Waals surface area (Å²) >= 11 is 0. The van der Waals surface area contributed by atoms with Crippen LogP contribution in [0.5, 0.6) is 0 Å². The van der Waals surface area contributed by atoms with Gasteiger partial charge in [-0.05, 0) is 26.1 Å². The molecule has 0 aliphatic rings. The number of nitrogens with zero attached hydrogens (tertiary/aromatic N) is 2. The second-order valence-electron chi connectivity index (χ2n) is 6.30. The lowest BCUT2D eigenvalue weighted by atomic mass is 10.0. The van der Waals surface area contributed by atoms with E-state index in [1.165, 1.54) is 0 Å². The van der Waals surface area contributed by atoms with Crippen LogP contribution in [0.1, 0.15) is 19.5 Å². The summed E-state index contributed by atoms with van der Waals surface area (Å²) in [5.74, 6) is 0.347. The fourth-order valence-corrected chi connectivity index (χ4v) is 2.75. The molecule has 0 aliphatic heterocycles. The van der Waals surface area contributed by atoms with Crippen molar-refractivity contribution in [3.63, 3.8) is 0 Å². The zero-order chi connectivity index (χ0) is 17.0. The van der Waals surface area contributed by atoms with Gasteiger partial charge in [-0.3, -0.25) is 9.59 Å². The first-order chi connectivity index (χ1) is 10.9. The molecule has 2 aromatic rings. The third kappa shape index (κ3) is 4.16. The van der Waals surface area contributed by atoms with Crippen molar-refractivity contribution in [2.75, 3.05) is 20.6 Å². The number of rotatable bonds is 6. The van der Waals surface area contributed by atoms with Crippen LogP contribution in [-0.4, -0.2) is 47.7 Å². The number of amides is 1. The predicted octanol–water partition coefficient (Wildman–Crippen LogP) is 1.17. The van der Waals surface area contributed by atoms with Crippen molar-refractivity contribution >= 4 is 16.7 Å². The summed E-state index contributed by atoms with van der Waals surface area (Å²) < 4.78 is 0. The monoisotopic (exact) mass is 316 g/mol. The Morgan fingerprint density at radius 1 is 1.26 bits per heavy atom. The number of hydrogen-bond donors (Lipinski definition) is 2. The molecule has 0 radical (unpaired) electrons. The fraction of sp³-hybridized carbons (Fsp3) is 0.471. The van der Waals surface area contributed by atoms with Crippen LogP contribution in [0.25, 0.3) is 10.8 Å². The molecule has 6 nitrogen and oxygen atoms in total. The van der Waals surface area contributed by atoms with Gasteiger partial charge in [0.1, 0.15) is 0 Å². The van der Waals surface area contributed by atoms with Gasteiger partial charge in [-0.2, -0.15) is 5.10 Å².